The number of guanidine groups is 1. The van der Waals surface area contributed by atoms with Crippen LogP contribution in [-0.4, -0.2) is 46.3 Å². The van der Waals surface area contributed by atoms with Crippen LogP contribution in [0.1, 0.15) is 65.2 Å². The van der Waals surface area contributed by atoms with Crippen molar-refractivity contribution in [3.63, 3.8) is 0 Å². The van der Waals surface area contributed by atoms with Gasteiger partial charge in [-0.25, -0.2) is 13.1 Å². The number of hydrogen-bond acceptors (Lipinski definition) is 3. The van der Waals surface area contributed by atoms with Crippen molar-refractivity contribution < 1.29 is 8.42 Å². The van der Waals surface area contributed by atoms with Gasteiger partial charge in [-0.2, -0.15) is 0 Å². The van der Waals surface area contributed by atoms with Crippen molar-refractivity contribution in [3.8, 4) is 0 Å². The van der Waals surface area contributed by atoms with E-state index in [0.29, 0.717) is 19.1 Å². The van der Waals surface area contributed by atoms with E-state index in [-0.39, 0.29) is 29.7 Å². The van der Waals surface area contributed by atoms with E-state index in [1.807, 2.05) is 0 Å². The maximum Gasteiger partial charge on any atom is 0.211 e. The summed E-state index contributed by atoms with van der Waals surface area (Å²) in [5, 5.41) is 6.67. The van der Waals surface area contributed by atoms with Crippen molar-refractivity contribution >= 4 is 40.0 Å². The van der Waals surface area contributed by atoms with Crippen LogP contribution in [0.2, 0.25) is 0 Å². The Kier molecular flexibility index (Phi) is 14.0. The second-order valence-corrected chi connectivity index (χ2v) is 8.87. The molecule has 0 amide bonds. The van der Waals surface area contributed by atoms with Gasteiger partial charge in [0.2, 0.25) is 10.0 Å². The zero-order valence-electron chi connectivity index (χ0n) is 16.0. The SMILES string of the molecule is CCS(=O)(=O)NCCCNC(=NC)NC(C)CCC1CCCCC1.I. The Morgan fingerprint density at radius 1 is 1.20 bits per heavy atom. The van der Waals surface area contributed by atoms with Gasteiger partial charge in [-0.15, -0.1) is 24.0 Å². The highest BCUT2D eigenvalue weighted by Crippen LogP contribution is 2.27. The van der Waals surface area contributed by atoms with Crippen LogP contribution < -0.4 is 15.4 Å². The van der Waals surface area contributed by atoms with E-state index in [2.05, 4.69) is 27.3 Å². The Labute approximate surface area is 171 Å². The normalized spacial score (nSPS) is 17.6. The molecule has 8 heteroatoms. The monoisotopic (exact) mass is 488 g/mol. The van der Waals surface area contributed by atoms with Crippen LogP contribution in [0.4, 0.5) is 0 Å². The Morgan fingerprint density at radius 3 is 2.48 bits per heavy atom. The predicted octanol–water partition coefficient (Wildman–Crippen LogP) is 2.85. The highest BCUT2D eigenvalue weighted by atomic mass is 127. The van der Waals surface area contributed by atoms with Crippen LogP contribution >= 0.6 is 24.0 Å². The zero-order valence-corrected chi connectivity index (χ0v) is 19.2. The van der Waals surface area contributed by atoms with E-state index in [0.717, 1.165) is 18.3 Å². The van der Waals surface area contributed by atoms with Gasteiger partial charge in [0.05, 0.1) is 5.75 Å². The maximum atomic E-state index is 11.3. The molecule has 0 spiro atoms. The molecular weight excluding hydrogens is 451 g/mol. The molecule has 0 aromatic rings. The van der Waals surface area contributed by atoms with Gasteiger partial charge in [0.15, 0.2) is 5.96 Å². The van der Waals surface area contributed by atoms with E-state index in [1.165, 1.54) is 44.9 Å². The highest BCUT2D eigenvalue weighted by Gasteiger charge is 2.15. The molecule has 1 fully saturated rings. The Morgan fingerprint density at radius 2 is 1.88 bits per heavy atom. The van der Waals surface area contributed by atoms with Crippen LogP contribution in [-0.2, 0) is 10.0 Å². The van der Waals surface area contributed by atoms with E-state index in [1.54, 1.807) is 14.0 Å². The molecular formula is C17H37IN4O2S. The molecule has 1 rings (SSSR count). The lowest BCUT2D eigenvalue weighted by atomic mass is 9.85. The number of nitrogens with zero attached hydrogens (tertiary/aromatic N) is 1. The Balaban J connectivity index is 0.00000576. The molecule has 0 radical (unpaired) electrons. The minimum Gasteiger partial charge on any atom is -0.356 e. The second-order valence-electron chi connectivity index (χ2n) is 6.78. The van der Waals surface area contributed by atoms with E-state index < -0.39 is 10.0 Å². The van der Waals surface area contributed by atoms with Gasteiger partial charge < -0.3 is 10.6 Å². The molecule has 1 unspecified atom stereocenters. The number of sulfonamides is 1. The van der Waals surface area contributed by atoms with Crippen molar-refractivity contribution in [2.45, 2.75) is 71.3 Å². The molecule has 3 N–H and O–H groups in total. The lowest BCUT2D eigenvalue weighted by Crippen LogP contribution is -2.43. The lowest BCUT2D eigenvalue weighted by Gasteiger charge is -2.24. The molecule has 1 saturated carbocycles. The molecule has 0 aromatic carbocycles. The van der Waals surface area contributed by atoms with Gasteiger partial charge >= 0.3 is 0 Å². The minimum absolute atomic E-state index is 0. The summed E-state index contributed by atoms with van der Waals surface area (Å²) in [6.07, 6.45) is 10.2. The lowest BCUT2D eigenvalue weighted by molar-refractivity contribution is 0.322. The van der Waals surface area contributed by atoms with Gasteiger partial charge in [-0.05, 0) is 39.0 Å². The molecule has 0 aliphatic heterocycles. The van der Waals surface area contributed by atoms with Gasteiger partial charge in [0, 0.05) is 26.2 Å². The fourth-order valence-corrected chi connectivity index (χ4v) is 3.75. The first-order valence-electron chi connectivity index (χ1n) is 9.41. The van der Waals surface area contributed by atoms with Crippen LogP contribution in [0.15, 0.2) is 4.99 Å². The number of halogens is 1. The first-order chi connectivity index (χ1) is 11.5. The number of hydrogen-bond donors (Lipinski definition) is 3. The van der Waals surface area contributed by atoms with Crippen LogP contribution in [0.5, 0.6) is 0 Å². The summed E-state index contributed by atoms with van der Waals surface area (Å²) >= 11 is 0. The van der Waals surface area contributed by atoms with Gasteiger partial charge in [0.1, 0.15) is 0 Å². The van der Waals surface area contributed by atoms with E-state index in [9.17, 15) is 8.42 Å². The third kappa shape index (κ3) is 12.0. The number of rotatable bonds is 10. The third-order valence-corrected chi connectivity index (χ3v) is 6.09. The molecule has 0 bridgehead atoms. The quantitative estimate of drug-likeness (QED) is 0.191. The predicted molar refractivity (Wildman–Crippen MR) is 117 cm³/mol. The smallest absolute Gasteiger partial charge is 0.211 e. The Hall–Kier alpha value is -0.0900. The van der Waals surface area contributed by atoms with Gasteiger partial charge in [-0.1, -0.05) is 32.1 Å². The van der Waals surface area contributed by atoms with Crippen LogP contribution in [0, 0.1) is 5.92 Å². The van der Waals surface area contributed by atoms with Crippen molar-refractivity contribution in [1.82, 2.24) is 15.4 Å². The van der Waals surface area contributed by atoms with Crippen molar-refractivity contribution in [1.29, 1.82) is 0 Å². The molecule has 0 aromatic heterocycles. The molecule has 0 saturated heterocycles. The zero-order chi connectivity index (χ0) is 17.8. The first-order valence-corrected chi connectivity index (χ1v) is 11.1. The number of nitrogens with one attached hydrogen (secondary N) is 3. The van der Waals surface area contributed by atoms with Crippen molar-refractivity contribution in [3.05, 3.63) is 0 Å². The van der Waals surface area contributed by atoms with Gasteiger partial charge in [-0.3, -0.25) is 4.99 Å². The topological polar surface area (TPSA) is 82.6 Å². The van der Waals surface area contributed by atoms with Crippen molar-refractivity contribution in [2.75, 3.05) is 25.9 Å². The summed E-state index contributed by atoms with van der Waals surface area (Å²) in [5.41, 5.74) is 0. The summed E-state index contributed by atoms with van der Waals surface area (Å²) in [6, 6.07) is 0.400. The molecule has 6 nitrogen and oxygen atoms in total. The summed E-state index contributed by atoms with van der Waals surface area (Å²) in [5.74, 6) is 1.83. The average molecular weight is 488 g/mol. The Bertz CT molecular complexity index is 465. The molecule has 150 valence electrons. The molecule has 1 atom stereocenters. The number of aliphatic imine (C=N–C) groups is 1. The largest absolute Gasteiger partial charge is 0.356 e. The second kappa shape index (κ2) is 14.0. The minimum atomic E-state index is -3.09. The maximum absolute atomic E-state index is 11.3. The highest BCUT2D eigenvalue weighted by molar-refractivity contribution is 14.0. The average Bonchev–Trinajstić information content (AvgIpc) is 2.59. The standard InChI is InChI=1S/C17H36N4O2S.HI/c1-4-24(22,23)20-14-8-13-19-17(18-3)21-15(2)11-12-16-9-6-5-7-10-16;/h15-16,20H,4-14H2,1-3H3,(H2,18,19,21);1H. The van der Waals surface area contributed by atoms with Crippen molar-refractivity contribution in [2.24, 2.45) is 10.9 Å². The van der Waals surface area contributed by atoms with Crippen LogP contribution in [0.3, 0.4) is 0 Å². The summed E-state index contributed by atoms with van der Waals surface area (Å²) in [7, 11) is -1.32. The first kappa shape index (κ1) is 24.9. The fourth-order valence-electron chi connectivity index (χ4n) is 3.09. The van der Waals surface area contributed by atoms with E-state index >= 15 is 0 Å². The molecule has 1 aliphatic carbocycles. The molecule has 1 aliphatic rings. The van der Waals surface area contributed by atoms with Crippen LogP contribution in [0.25, 0.3) is 0 Å². The summed E-state index contributed by atoms with van der Waals surface area (Å²) < 4.78 is 25.2. The van der Waals surface area contributed by atoms with Gasteiger partial charge in [0.25, 0.3) is 0 Å². The third-order valence-electron chi connectivity index (χ3n) is 4.69. The summed E-state index contributed by atoms with van der Waals surface area (Å²) in [6.45, 7) is 4.99. The fraction of sp³-hybridized carbons (Fsp3) is 0.941. The summed E-state index contributed by atoms with van der Waals surface area (Å²) in [4.78, 5) is 4.24. The van der Waals surface area contributed by atoms with E-state index in [4.69, 9.17) is 0 Å². The molecule has 25 heavy (non-hydrogen) atoms. The molecule has 0 heterocycles.